The third-order valence-electron chi connectivity index (χ3n) is 2.34. The van der Waals surface area contributed by atoms with Crippen LogP contribution in [0.25, 0.3) is 0 Å². The van der Waals surface area contributed by atoms with Crippen molar-refractivity contribution in [2.75, 3.05) is 32.1 Å². The van der Waals surface area contributed by atoms with Crippen LogP contribution in [0.1, 0.15) is 0 Å². The number of rotatable bonds is 4. The third kappa shape index (κ3) is 3.35. The highest BCUT2D eigenvalue weighted by atomic mass is 32.2. The standard InChI is InChI=1S/C9H14N4O4S/c10-9-11-4-8(5-12-9)18(14,15)13-3-7-6-16-1-2-17-7/h4-5,7,13H,1-3,6H2,(H2,10,11,12). The second-order valence-corrected chi connectivity index (χ2v) is 5.46. The Bertz CT molecular complexity index is 484. The van der Waals surface area contributed by atoms with Crippen LogP contribution < -0.4 is 10.5 Å². The van der Waals surface area contributed by atoms with Crippen LogP contribution in [-0.4, -0.2) is 50.9 Å². The average Bonchev–Trinajstić information content (AvgIpc) is 2.38. The Hall–Kier alpha value is -1.29. The lowest BCUT2D eigenvalue weighted by molar-refractivity contribution is -0.0846. The summed E-state index contributed by atoms with van der Waals surface area (Å²) in [7, 11) is -3.64. The Balaban J connectivity index is 1.96. The molecule has 3 N–H and O–H groups in total. The molecule has 1 fully saturated rings. The summed E-state index contributed by atoms with van der Waals surface area (Å²) in [5.41, 5.74) is 5.29. The molecule has 1 aromatic rings. The second kappa shape index (κ2) is 5.57. The molecule has 2 rings (SSSR count). The van der Waals surface area contributed by atoms with E-state index >= 15 is 0 Å². The van der Waals surface area contributed by atoms with Crippen molar-refractivity contribution in [3.8, 4) is 0 Å². The van der Waals surface area contributed by atoms with Crippen LogP contribution >= 0.6 is 0 Å². The summed E-state index contributed by atoms with van der Waals surface area (Å²) < 4.78 is 36.6. The molecule has 1 saturated heterocycles. The molecule has 0 radical (unpaired) electrons. The number of ether oxygens (including phenoxy) is 2. The summed E-state index contributed by atoms with van der Waals surface area (Å²) in [5, 5.41) is 0. The summed E-state index contributed by atoms with van der Waals surface area (Å²) in [6.07, 6.45) is 2.04. The number of hydrogen-bond acceptors (Lipinski definition) is 7. The Labute approximate surface area is 105 Å². The third-order valence-corrected chi connectivity index (χ3v) is 3.72. The first-order chi connectivity index (χ1) is 8.58. The number of hydrogen-bond donors (Lipinski definition) is 2. The number of nitrogens with two attached hydrogens (primary N) is 1. The van der Waals surface area contributed by atoms with Gasteiger partial charge in [0.15, 0.2) is 0 Å². The maximum Gasteiger partial charge on any atom is 0.243 e. The maximum atomic E-state index is 11.9. The minimum atomic E-state index is -3.64. The summed E-state index contributed by atoms with van der Waals surface area (Å²) >= 11 is 0. The van der Waals surface area contributed by atoms with Gasteiger partial charge in [-0.1, -0.05) is 0 Å². The van der Waals surface area contributed by atoms with Crippen molar-refractivity contribution in [3.05, 3.63) is 12.4 Å². The molecule has 0 amide bonds. The number of nitrogen functional groups attached to an aromatic ring is 1. The monoisotopic (exact) mass is 274 g/mol. The lowest BCUT2D eigenvalue weighted by Gasteiger charge is -2.22. The quantitative estimate of drug-likeness (QED) is 0.704. The minimum Gasteiger partial charge on any atom is -0.376 e. The van der Waals surface area contributed by atoms with Crippen molar-refractivity contribution in [1.29, 1.82) is 0 Å². The van der Waals surface area contributed by atoms with Crippen molar-refractivity contribution in [1.82, 2.24) is 14.7 Å². The van der Waals surface area contributed by atoms with E-state index in [1.807, 2.05) is 0 Å². The topological polar surface area (TPSA) is 116 Å². The first-order valence-electron chi connectivity index (χ1n) is 5.34. The minimum absolute atomic E-state index is 0.0259. The molecule has 0 aliphatic carbocycles. The van der Waals surface area contributed by atoms with Gasteiger partial charge in [-0.2, -0.15) is 0 Å². The molecule has 0 aromatic carbocycles. The van der Waals surface area contributed by atoms with E-state index in [-0.39, 0.29) is 23.5 Å². The van der Waals surface area contributed by atoms with E-state index in [9.17, 15) is 8.42 Å². The molecule has 1 aromatic heterocycles. The molecule has 100 valence electrons. The predicted octanol–water partition coefficient (Wildman–Crippen LogP) is -1.25. The van der Waals surface area contributed by atoms with Gasteiger partial charge in [0, 0.05) is 6.54 Å². The normalized spacial score (nSPS) is 20.8. The van der Waals surface area contributed by atoms with E-state index in [0.29, 0.717) is 19.8 Å². The van der Waals surface area contributed by atoms with Gasteiger partial charge in [0.05, 0.1) is 38.3 Å². The van der Waals surface area contributed by atoms with E-state index < -0.39 is 10.0 Å². The van der Waals surface area contributed by atoms with Gasteiger partial charge >= 0.3 is 0 Å². The van der Waals surface area contributed by atoms with Crippen molar-refractivity contribution in [3.63, 3.8) is 0 Å². The smallest absolute Gasteiger partial charge is 0.243 e. The van der Waals surface area contributed by atoms with E-state index in [0.717, 1.165) is 12.4 Å². The largest absolute Gasteiger partial charge is 0.376 e. The van der Waals surface area contributed by atoms with Gasteiger partial charge in [-0.3, -0.25) is 0 Å². The molecule has 8 nitrogen and oxygen atoms in total. The Morgan fingerprint density at radius 2 is 2.11 bits per heavy atom. The van der Waals surface area contributed by atoms with Crippen molar-refractivity contribution < 1.29 is 17.9 Å². The summed E-state index contributed by atoms with van der Waals surface area (Å²) in [5.74, 6) is 0.0259. The van der Waals surface area contributed by atoms with Gasteiger partial charge in [-0.05, 0) is 0 Å². The Kier molecular flexibility index (Phi) is 4.07. The number of nitrogens with zero attached hydrogens (tertiary/aromatic N) is 2. The van der Waals surface area contributed by atoms with Gasteiger partial charge in [0.25, 0.3) is 0 Å². The highest BCUT2D eigenvalue weighted by Gasteiger charge is 2.20. The van der Waals surface area contributed by atoms with Crippen molar-refractivity contribution in [2.45, 2.75) is 11.0 Å². The molecule has 1 atom stereocenters. The SMILES string of the molecule is Nc1ncc(S(=O)(=O)NCC2COCCO2)cn1. The predicted molar refractivity (Wildman–Crippen MR) is 62.2 cm³/mol. The van der Waals surface area contributed by atoms with Crippen molar-refractivity contribution in [2.24, 2.45) is 0 Å². The van der Waals surface area contributed by atoms with Crippen LogP contribution in [0.4, 0.5) is 5.95 Å². The summed E-state index contributed by atoms with van der Waals surface area (Å²) in [6, 6.07) is 0. The summed E-state index contributed by atoms with van der Waals surface area (Å²) in [4.78, 5) is 7.23. The first kappa shape index (κ1) is 13.1. The fraction of sp³-hybridized carbons (Fsp3) is 0.556. The van der Waals surface area contributed by atoms with Gasteiger partial charge in [0.2, 0.25) is 16.0 Å². The highest BCUT2D eigenvalue weighted by molar-refractivity contribution is 7.89. The Morgan fingerprint density at radius 3 is 2.72 bits per heavy atom. The van der Waals surface area contributed by atoms with Gasteiger partial charge in [0.1, 0.15) is 4.90 Å². The lowest BCUT2D eigenvalue weighted by Crippen LogP contribution is -2.39. The fourth-order valence-corrected chi connectivity index (χ4v) is 2.36. The molecule has 0 bridgehead atoms. The second-order valence-electron chi connectivity index (χ2n) is 3.70. The Morgan fingerprint density at radius 1 is 1.39 bits per heavy atom. The van der Waals surface area contributed by atoms with Crippen LogP contribution in [0.3, 0.4) is 0 Å². The maximum absolute atomic E-state index is 11.9. The highest BCUT2D eigenvalue weighted by Crippen LogP contribution is 2.07. The molecule has 18 heavy (non-hydrogen) atoms. The molecular formula is C9H14N4O4S. The zero-order valence-electron chi connectivity index (χ0n) is 9.57. The van der Waals surface area contributed by atoms with E-state index in [2.05, 4.69) is 14.7 Å². The van der Waals surface area contributed by atoms with Gasteiger partial charge in [-0.25, -0.2) is 23.1 Å². The molecule has 1 aliphatic rings. The molecular weight excluding hydrogens is 260 g/mol. The lowest BCUT2D eigenvalue weighted by atomic mass is 10.3. The van der Waals surface area contributed by atoms with Crippen LogP contribution in [0.2, 0.25) is 0 Å². The molecule has 1 aliphatic heterocycles. The number of anilines is 1. The first-order valence-corrected chi connectivity index (χ1v) is 6.83. The van der Waals surface area contributed by atoms with Gasteiger partial charge in [-0.15, -0.1) is 0 Å². The van der Waals surface area contributed by atoms with Crippen LogP contribution in [0.5, 0.6) is 0 Å². The number of sulfonamides is 1. The summed E-state index contributed by atoms with van der Waals surface area (Å²) in [6.45, 7) is 1.53. The van der Waals surface area contributed by atoms with E-state index in [1.54, 1.807) is 0 Å². The van der Waals surface area contributed by atoms with E-state index in [4.69, 9.17) is 15.2 Å². The van der Waals surface area contributed by atoms with Gasteiger partial charge < -0.3 is 15.2 Å². The van der Waals surface area contributed by atoms with Crippen LogP contribution in [0, 0.1) is 0 Å². The van der Waals surface area contributed by atoms with Crippen LogP contribution in [0.15, 0.2) is 17.3 Å². The molecule has 2 heterocycles. The fourth-order valence-electron chi connectivity index (χ4n) is 1.41. The molecule has 0 spiro atoms. The van der Waals surface area contributed by atoms with E-state index in [1.165, 1.54) is 0 Å². The molecule has 9 heteroatoms. The zero-order chi connectivity index (χ0) is 13.0. The van der Waals surface area contributed by atoms with Crippen molar-refractivity contribution >= 4 is 16.0 Å². The number of nitrogens with one attached hydrogen (secondary N) is 1. The van der Waals surface area contributed by atoms with Crippen LogP contribution in [-0.2, 0) is 19.5 Å². The molecule has 0 saturated carbocycles. The number of aromatic nitrogens is 2. The average molecular weight is 274 g/mol. The zero-order valence-corrected chi connectivity index (χ0v) is 10.4. The molecule has 1 unspecified atom stereocenters.